The van der Waals surface area contributed by atoms with E-state index in [1.165, 1.54) is 89.9 Å². The van der Waals surface area contributed by atoms with Crippen LogP contribution in [0.2, 0.25) is 0 Å². The van der Waals surface area contributed by atoms with E-state index < -0.39 is 0 Å². The van der Waals surface area contributed by atoms with Gasteiger partial charge in [-0.15, -0.1) is 5.53 Å². The first kappa shape index (κ1) is 20.3. The van der Waals surface area contributed by atoms with E-state index in [1.807, 2.05) is 6.34 Å². The smallest absolute Gasteiger partial charge is 0.129 e. The maximum atomic E-state index is 3.98. The molecule has 0 aromatic rings. The van der Waals surface area contributed by atoms with Crippen molar-refractivity contribution in [2.75, 3.05) is 0 Å². The first-order valence-electron chi connectivity index (χ1n) is 10.00. The fourth-order valence-corrected chi connectivity index (χ4v) is 3.20. The summed E-state index contributed by atoms with van der Waals surface area (Å²) >= 11 is 0. The Hall–Kier alpha value is -0.770. The molecule has 4 heteroatoms. The van der Waals surface area contributed by atoms with Crippen molar-refractivity contribution in [3.8, 4) is 0 Å². The highest BCUT2D eigenvalue weighted by atomic mass is 15.8. The zero-order chi connectivity index (χ0) is 16.8. The van der Waals surface area contributed by atoms with Crippen LogP contribution in [-0.4, -0.2) is 16.9 Å². The molecular formula is C19H40N4. The van der Waals surface area contributed by atoms with Crippen LogP contribution in [0, 0.1) is 0 Å². The summed E-state index contributed by atoms with van der Waals surface area (Å²) in [6.45, 7) is 6.81. The third kappa shape index (κ3) is 9.85. The minimum Gasteiger partial charge on any atom is -0.272 e. The van der Waals surface area contributed by atoms with E-state index in [0.29, 0.717) is 0 Å². The molecule has 0 spiro atoms. The predicted molar refractivity (Wildman–Crippen MR) is 101 cm³/mol. The number of nitrogens with one attached hydrogen (secondary N) is 2. The van der Waals surface area contributed by atoms with Crippen LogP contribution >= 0.6 is 0 Å². The molecule has 0 amide bonds. The van der Waals surface area contributed by atoms with Gasteiger partial charge in [-0.25, -0.2) is 5.53 Å². The standard InChI is InChI=1S/C19H40N4/c1-4-5-6-7-8-9-10-11-12-13-14-15-16-17-19(2,3)23-18-20-21-22-23/h18,21-22H,4-17H2,1-3H3. The Morgan fingerprint density at radius 3 is 1.70 bits per heavy atom. The number of unbranched alkanes of at least 4 members (excludes halogenated alkanes) is 12. The number of hydrazine groups is 2. The van der Waals surface area contributed by atoms with E-state index in [1.54, 1.807) is 0 Å². The Morgan fingerprint density at radius 1 is 0.783 bits per heavy atom. The summed E-state index contributed by atoms with van der Waals surface area (Å²) in [5, 5.41) is 6.05. The second-order valence-corrected chi connectivity index (χ2v) is 7.64. The molecule has 2 N–H and O–H groups in total. The van der Waals surface area contributed by atoms with Gasteiger partial charge in [-0.1, -0.05) is 90.4 Å². The molecule has 0 unspecified atom stereocenters. The Morgan fingerprint density at radius 2 is 1.26 bits per heavy atom. The van der Waals surface area contributed by atoms with Crippen molar-refractivity contribution in [1.29, 1.82) is 0 Å². The van der Waals surface area contributed by atoms with Gasteiger partial charge in [0.05, 0.1) is 5.54 Å². The van der Waals surface area contributed by atoms with Crippen molar-refractivity contribution in [2.24, 2.45) is 5.10 Å². The highest BCUT2D eigenvalue weighted by molar-refractivity contribution is 5.56. The number of nitrogens with zero attached hydrogens (tertiary/aromatic N) is 2. The van der Waals surface area contributed by atoms with Crippen LogP contribution in [0.1, 0.15) is 111 Å². The largest absolute Gasteiger partial charge is 0.272 e. The minimum atomic E-state index is 0.130. The molecule has 1 heterocycles. The fourth-order valence-electron chi connectivity index (χ4n) is 3.20. The van der Waals surface area contributed by atoms with Crippen LogP contribution in [0.15, 0.2) is 5.10 Å². The first-order valence-corrected chi connectivity index (χ1v) is 10.00. The number of rotatable bonds is 15. The van der Waals surface area contributed by atoms with E-state index in [9.17, 15) is 0 Å². The molecule has 0 aliphatic carbocycles. The molecule has 0 aromatic carbocycles. The molecule has 136 valence electrons. The average Bonchev–Trinajstić information content (AvgIpc) is 3.07. The van der Waals surface area contributed by atoms with Gasteiger partial charge in [0.2, 0.25) is 0 Å². The third-order valence-electron chi connectivity index (χ3n) is 4.95. The minimum absolute atomic E-state index is 0.130. The van der Waals surface area contributed by atoms with Crippen LogP contribution in [0.4, 0.5) is 0 Å². The molecule has 4 nitrogen and oxygen atoms in total. The van der Waals surface area contributed by atoms with Gasteiger partial charge < -0.3 is 0 Å². The summed E-state index contributed by atoms with van der Waals surface area (Å²) in [7, 11) is 0. The molecule has 1 aliphatic rings. The summed E-state index contributed by atoms with van der Waals surface area (Å²) in [6, 6.07) is 0. The lowest BCUT2D eigenvalue weighted by Gasteiger charge is -2.33. The first-order chi connectivity index (χ1) is 11.2. The molecule has 0 saturated carbocycles. The van der Waals surface area contributed by atoms with Crippen molar-refractivity contribution in [2.45, 2.75) is 116 Å². The number of hydrazone groups is 1. The third-order valence-corrected chi connectivity index (χ3v) is 4.95. The zero-order valence-electron chi connectivity index (χ0n) is 15.9. The molecular weight excluding hydrogens is 284 g/mol. The lowest BCUT2D eigenvalue weighted by Crippen LogP contribution is -2.50. The summed E-state index contributed by atoms with van der Waals surface area (Å²) < 4.78 is 0. The zero-order valence-corrected chi connectivity index (χ0v) is 15.9. The lowest BCUT2D eigenvalue weighted by atomic mass is 9.95. The van der Waals surface area contributed by atoms with Gasteiger partial charge in [0.1, 0.15) is 6.34 Å². The molecule has 1 aliphatic heterocycles. The van der Waals surface area contributed by atoms with Gasteiger partial charge in [-0.05, 0) is 20.3 Å². The highest BCUT2D eigenvalue weighted by Crippen LogP contribution is 2.21. The molecule has 0 aromatic heterocycles. The van der Waals surface area contributed by atoms with Crippen LogP contribution in [0.3, 0.4) is 0 Å². The van der Waals surface area contributed by atoms with E-state index in [0.717, 1.165) is 0 Å². The molecule has 0 fully saturated rings. The van der Waals surface area contributed by atoms with E-state index in [-0.39, 0.29) is 5.54 Å². The van der Waals surface area contributed by atoms with Gasteiger partial charge in [-0.2, -0.15) is 5.10 Å². The Bertz CT molecular complexity index is 302. The molecule has 23 heavy (non-hydrogen) atoms. The Labute approximate surface area is 144 Å². The van der Waals surface area contributed by atoms with Crippen molar-refractivity contribution in [3.63, 3.8) is 0 Å². The van der Waals surface area contributed by atoms with E-state index in [2.05, 4.69) is 42.0 Å². The van der Waals surface area contributed by atoms with Crippen molar-refractivity contribution < 1.29 is 0 Å². The Kier molecular flexibility index (Phi) is 11.1. The summed E-state index contributed by atoms with van der Waals surface area (Å²) in [5.41, 5.74) is 5.96. The van der Waals surface area contributed by atoms with Gasteiger partial charge in [-0.3, -0.25) is 5.01 Å². The number of hydrogen-bond acceptors (Lipinski definition) is 4. The normalized spacial score (nSPS) is 14.5. The monoisotopic (exact) mass is 324 g/mol. The second-order valence-electron chi connectivity index (χ2n) is 7.64. The van der Waals surface area contributed by atoms with Crippen LogP contribution in [0.25, 0.3) is 0 Å². The fraction of sp³-hybridized carbons (Fsp3) is 0.947. The van der Waals surface area contributed by atoms with Gasteiger partial charge >= 0.3 is 0 Å². The van der Waals surface area contributed by atoms with Crippen molar-refractivity contribution in [1.82, 2.24) is 16.1 Å². The summed E-state index contributed by atoms with van der Waals surface area (Å²) in [6.07, 6.45) is 21.4. The molecule has 0 saturated heterocycles. The van der Waals surface area contributed by atoms with Crippen molar-refractivity contribution in [3.05, 3.63) is 0 Å². The second kappa shape index (κ2) is 12.6. The van der Waals surface area contributed by atoms with Crippen LogP contribution in [0.5, 0.6) is 0 Å². The van der Waals surface area contributed by atoms with Gasteiger partial charge in [0.15, 0.2) is 0 Å². The average molecular weight is 325 g/mol. The van der Waals surface area contributed by atoms with E-state index >= 15 is 0 Å². The maximum absolute atomic E-state index is 3.98. The Balaban J connectivity index is 1.82. The van der Waals surface area contributed by atoms with Crippen LogP contribution in [-0.2, 0) is 0 Å². The lowest BCUT2D eigenvalue weighted by molar-refractivity contribution is 0.137. The molecule has 0 atom stereocenters. The van der Waals surface area contributed by atoms with Crippen LogP contribution < -0.4 is 11.1 Å². The summed E-state index contributed by atoms with van der Waals surface area (Å²) in [4.78, 5) is 0. The maximum Gasteiger partial charge on any atom is 0.129 e. The highest BCUT2D eigenvalue weighted by Gasteiger charge is 2.26. The predicted octanol–water partition coefficient (Wildman–Crippen LogP) is 5.51. The quantitative estimate of drug-likeness (QED) is 0.390. The number of hydrogen-bond donors (Lipinski definition) is 2. The summed E-state index contributed by atoms with van der Waals surface area (Å²) in [5.74, 6) is 0. The topological polar surface area (TPSA) is 39.7 Å². The SMILES string of the molecule is CCCCCCCCCCCCCCCC(C)(C)N1C=NNN1. The van der Waals surface area contributed by atoms with Gasteiger partial charge in [0.25, 0.3) is 0 Å². The molecule has 1 rings (SSSR count). The molecule has 0 radical (unpaired) electrons. The van der Waals surface area contributed by atoms with Gasteiger partial charge in [0, 0.05) is 0 Å². The molecule has 0 bridgehead atoms. The van der Waals surface area contributed by atoms with E-state index in [4.69, 9.17) is 0 Å². The van der Waals surface area contributed by atoms with Crippen molar-refractivity contribution >= 4 is 6.34 Å².